The van der Waals surface area contributed by atoms with Crippen LogP contribution in [0.25, 0.3) is 0 Å². The molecule has 0 aromatic heterocycles. The standard InChI is InChI=1S/C24H33N3O4S/c1-6-22(24(29)25-4)26(13-12-20-10-8-7-9-11-20)23(28)17-27(32(5,30)31)21-15-18(2)14-19(3)16-21/h7-11,14-16,22H,6,12-13,17H2,1-5H3,(H,25,29)/t22-/m1/s1. The van der Waals surface area contributed by atoms with Crippen LogP contribution in [0.2, 0.25) is 0 Å². The van der Waals surface area contributed by atoms with Crippen LogP contribution < -0.4 is 9.62 Å². The van der Waals surface area contributed by atoms with Crippen molar-refractivity contribution >= 4 is 27.5 Å². The number of anilines is 1. The quantitative estimate of drug-likeness (QED) is 0.592. The summed E-state index contributed by atoms with van der Waals surface area (Å²) < 4.78 is 26.3. The third-order valence-electron chi connectivity index (χ3n) is 5.29. The van der Waals surface area contributed by atoms with E-state index in [1.807, 2.05) is 57.2 Å². The average molecular weight is 460 g/mol. The van der Waals surface area contributed by atoms with E-state index in [9.17, 15) is 18.0 Å². The van der Waals surface area contributed by atoms with Gasteiger partial charge in [-0.25, -0.2) is 8.42 Å². The molecular weight excluding hydrogens is 426 g/mol. The number of benzene rings is 2. The van der Waals surface area contributed by atoms with Gasteiger partial charge in [-0.3, -0.25) is 13.9 Å². The molecule has 0 heterocycles. The molecule has 32 heavy (non-hydrogen) atoms. The van der Waals surface area contributed by atoms with Crippen LogP contribution in [0.4, 0.5) is 5.69 Å². The summed E-state index contributed by atoms with van der Waals surface area (Å²) in [5, 5.41) is 2.62. The number of carbonyl (C=O) groups is 2. The number of carbonyl (C=O) groups excluding carboxylic acids is 2. The second kappa shape index (κ2) is 11.1. The van der Waals surface area contributed by atoms with Gasteiger partial charge in [-0.05, 0) is 55.5 Å². The highest BCUT2D eigenvalue weighted by Gasteiger charge is 2.31. The molecule has 0 saturated carbocycles. The van der Waals surface area contributed by atoms with Crippen LogP contribution in [0.1, 0.15) is 30.0 Å². The highest BCUT2D eigenvalue weighted by Crippen LogP contribution is 2.22. The Morgan fingerprint density at radius 2 is 1.62 bits per heavy atom. The first kappa shape index (κ1) is 25.4. The number of rotatable bonds is 10. The van der Waals surface area contributed by atoms with Gasteiger partial charge in [0.25, 0.3) is 0 Å². The summed E-state index contributed by atoms with van der Waals surface area (Å²) in [6.45, 7) is 5.53. The number of nitrogens with one attached hydrogen (secondary N) is 1. The average Bonchev–Trinajstić information content (AvgIpc) is 2.73. The van der Waals surface area contributed by atoms with Crippen molar-refractivity contribution in [1.82, 2.24) is 10.2 Å². The Labute approximate surface area is 191 Å². The highest BCUT2D eigenvalue weighted by atomic mass is 32.2. The van der Waals surface area contributed by atoms with Crippen molar-refractivity contribution in [3.05, 3.63) is 65.2 Å². The maximum atomic E-state index is 13.4. The lowest BCUT2D eigenvalue weighted by molar-refractivity contribution is -0.139. The molecule has 0 spiro atoms. The van der Waals surface area contributed by atoms with Crippen molar-refractivity contribution in [2.75, 3.05) is 30.7 Å². The predicted molar refractivity (Wildman–Crippen MR) is 128 cm³/mol. The fraction of sp³-hybridized carbons (Fsp3) is 0.417. The van der Waals surface area contributed by atoms with E-state index in [-0.39, 0.29) is 12.5 Å². The second-order valence-corrected chi connectivity index (χ2v) is 9.88. The topological polar surface area (TPSA) is 86.8 Å². The summed E-state index contributed by atoms with van der Waals surface area (Å²) in [7, 11) is -2.19. The van der Waals surface area contributed by atoms with Gasteiger partial charge >= 0.3 is 0 Å². The van der Waals surface area contributed by atoms with Gasteiger partial charge < -0.3 is 10.2 Å². The summed E-state index contributed by atoms with van der Waals surface area (Å²) in [5.74, 6) is -0.688. The maximum absolute atomic E-state index is 13.4. The molecular formula is C24H33N3O4S. The van der Waals surface area contributed by atoms with Gasteiger partial charge in [-0.15, -0.1) is 0 Å². The Morgan fingerprint density at radius 3 is 2.12 bits per heavy atom. The molecule has 2 amide bonds. The Balaban J connectivity index is 2.37. The van der Waals surface area contributed by atoms with E-state index in [0.29, 0.717) is 25.1 Å². The first-order valence-electron chi connectivity index (χ1n) is 10.7. The molecule has 0 bridgehead atoms. The molecule has 7 nitrogen and oxygen atoms in total. The lowest BCUT2D eigenvalue weighted by Gasteiger charge is -2.32. The zero-order chi connectivity index (χ0) is 23.9. The molecule has 0 radical (unpaired) electrons. The van der Waals surface area contributed by atoms with Crippen molar-refractivity contribution < 1.29 is 18.0 Å². The molecule has 0 unspecified atom stereocenters. The Morgan fingerprint density at radius 1 is 1.03 bits per heavy atom. The molecule has 0 saturated heterocycles. The molecule has 174 valence electrons. The second-order valence-electron chi connectivity index (χ2n) is 7.98. The van der Waals surface area contributed by atoms with Crippen LogP contribution in [0.3, 0.4) is 0 Å². The molecule has 0 fully saturated rings. The third-order valence-corrected chi connectivity index (χ3v) is 6.43. The smallest absolute Gasteiger partial charge is 0.244 e. The molecule has 0 aliphatic heterocycles. The Bertz CT molecular complexity index is 1020. The maximum Gasteiger partial charge on any atom is 0.244 e. The van der Waals surface area contributed by atoms with E-state index in [0.717, 1.165) is 27.3 Å². The van der Waals surface area contributed by atoms with Crippen LogP contribution in [-0.2, 0) is 26.0 Å². The summed E-state index contributed by atoms with van der Waals surface area (Å²) in [6.07, 6.45) is 2.06. The Kier molecular flexibility index (Phi) is 8.83. The molecule has 2 aromatic carbocycles. The highest BCUT2D eigenvalue weighted by molar-refractivity contribution is 7.92. The van der Waals surface area contributed by atoms with E-state index in [1.165, 1.54) is 11.9 Å². The number of hydrogen-bond acceptors (Lipinski definition) is 4. The van der Waals surface area contributed by atoms with Crippen molar-refractivity contribution in [3.63, 3.8) is 0 Å². The molecule has 0 aliphatic carbocycles. The van der Waals surface area contributed by atoms with Gasteiger partial charge in [0.1, 0.15) is 12.6 Å². The first-order valence-corrected chi connectivity index (χ1v) is 12.5. The number of hydrogen-bond donors (Lipinski definition) is 1. The third kappa shape index (κ3) is 6.82. The number of amides is 2. The molecule has 2 aromatic rings. The number of sulfonamides is 1. The monoisotopic (exact) mass is 459 g/mol. The van der Waals surface area contributed by atoms with Crippen molar-refractivity contribution in [2.24, 2.45) is 0 Å². The summed E-state index contributed by atoms with van der Waals surface area (Å²) in [6, 6.07) is 14.4. The largest absolute Gasteiger partial charge is 0.357 e. The van der Waals surface area contributed by atoms with Gasteiger partial charge in [0.15, 0.2) is 0 Å². The molecule has 1 N–H and O–H groups in total. The number of nitrogens with zero attached hydrogens (tertiary/aromatic N) is 2. The SMILES string of the molecule is CC[C@H](C(=O)NC)N(CCc1ccccc1)C(=O)CN(c1cc(C)cc(C)c1)S(C)(=O)=O. The lowest BCUT2D eigenvalue weighted by Crippen LogP contribution is -2.52. The van der Waals surface area contributed by atoms with Crippen molar-refractivity contribution in [3.8, 4) is 0 Å². The normalized spacial score (nSPS) is 12.2. The van der Waals surface area contributed by atoms with Crippen LogP contribution in [0.15, 0.2) is 48.5 Å². The van der Waals surface area contributed by atoms with Crippen LogP contribution >= 0.6 is 0 Å². The lowest BCUT2D eigenvalue weighted by atomic mass is 10.1. The van der Waals surface area contributed by atoms with E-state index < -0.39 is 22.0 Å². The van der Waals surface area contributed by atoms with Crippen molar-refractivity contribution in [2.45, 2.75) is 39.7 Å². The zero-order valence-corrected chi connectivity index (χ0v) is 20.3. The minimum Gasteiger partial charge on any atom is -0.357 e. The Hall–Kier alpha value is -2.87. The zero-order valence-electron chi connectivity index (χ0n) is 19.5. The van der Waals surface area contributed by atoms with Gasteiger partial charge in [-0.1, -0.05) is 43.3 Å². The first-order chi connectivity index (χ1) is 15.1. The molecule has 1 atom stereocenters. The minimum absolute atomic E-state index is 0.272. The number of likely N-dealkylation sites (N-methyl/N-ethyl adjacent to an activating group) is 1. The van der Waals surface area contributed by atoms with E-state index in [2.05, 4.69) is 5.32 Å². The number of aryl methyl sites for hydroxylation is 2. The summed E-state index contributed by atoms with van der Waals surface area (Å²) in [5.41, 5.74) is 3.28. The van der Waals surface area contributed by atoms with Crippen molar-refractivity contribution in [1.29, 1.82) is 0 Å². The summed E-state index contributed by atoms with van der Waals surface area (Å²) in [4.78, 5) is 27.4. The van der Waals surface area contributed by atoms with Gasteiger partial charge in [0, 0.05) is 13.6 Å². The van der Waals surface area contributed by atoms with E-state index in [4.69, 9.17) is 0 Å². The van der Waals surface area contributed by atoms with E-state index >= 15 is 0 Å². The minimum atomic E-state index is -3.72. The van der Waals surface area contributed by atoms with E-state index in [1.54, 1.807) is 12.1 Å². The van der Waals surface area contributed by atoms with Crippen LogP contribution in [-0.4, -0.2) is 57.6 Å². The summed E-state index contributed by atoms with van der Waals surface area (Å²) >= 11 is 0. The van der Waals surface area contributed by atoms with Gasteiger partial charge in [0.05, 0.1) is 11.9 Å². The van der Waals surface area contributed by atoms with Gasteiger partial charge in [0.2, 0.25) is 21.8 Å². The van der Waals surface area contributed by atoms with Gasteiger partial charge in [-0.2, -0.15) is 0 Å². The molecule has 0 aliphatic rings. The van der Waals surface area contributed by atoms with Crippen LogP contribution in [0, 0.1) is 13.8 Å². The molecule has 8 heteroatoms. The fourth-order valence-corrected chi connectivity index (χ4v) is 4.60. The van der Waals surface area contributed by atoms with Crippen LogP contribution in [0.5, 0.6) is 0 Å². The fourth-order valence-electron chi connectivity index (χ4n) is 3.77. The molecule has 2 rings (SSSR count). The predicted octanol–water partition coefficient (Wildman–Crippen LogP) is 2.67.